The zero-order valence-electron chi connectivity index (χ0n) is 14.0. The molecular weight excluding hydrogens is 258 g/mol. The molecule has 2 saturated carbocycles. The van der Waals surface area contributed by atoms with Crippen LogP contribution in [0, 0.1) is 11.8 Å². The maximum atomic E-state index is 6.93. The van der Waals surface area contributed by atoms with Crippen LogP contribution in [0.2, 0.25) is 0 Å². The van der Waals surface area contributed by atoms with E-state index in [0.717, 1.165) is 12.5 Å². The summed E-state index contributed by atoms with van der Waals surface area (Å²) in [5, 5.41) is 0. The van der Waals surface area contributed by atoms with Crippen molar-refractivity contribution in [2.45, 2.75) is 102 Å². The first kappa shape index (κ1) is 15.8. The van der Waals surface area contributed by atoms with Gasteiger partial charge >= 0.3 is 0 Å². The Morgan fingerprint density at radius 1 is 1.00 bits per heavy atom. The van der Waals surface area contributed by atoms with Crippen LogP contribution in [0.3, 0.4) is 0 Å². The standard InChI is InChI=1S/C19H35NO/c1-2-6-16-7-12-19(20,13-8-16)17-9-14-21-18(15-17)10-4-3-5-11-18/h16-17H,2-15,20H2,1H3. The van der Waals surface area contributed by atoms with Crippen LogP contribution in [0.1, 0.15) is 90.4 Å². The minimum atomic E-state index is 0.123. The smallest absolute Gasteiger partial charge is 0.0685 e. The maximum absolute atomic E-state index is 6.93. The summed E-state index contributed by atoms with van der Waals surface area (Å²) in [6.07, 6.45) is 17.2. The first-order valence-corrected chi connectivity index (χ1v) is 9.59. The average molecular weight is 293 g/mol. The van der Waals surface area contributed by atoms with Crippen molar-refractivity contribution in [1.29, 1.82) is 0 Å². The lowest BCUT2D eigenvalue weighted by Crippen LogP contribution is -2.55. The van der Waals surface area contributed by atoms with Crippen LogP contribution in [0.25, 0.3) is 0 Å². The summed E-state index contributed by atoms with van der Waals surface area (Å²) >= 11 is 0. The highest BCUT2D eigenvalue weighted by molar-refractivity contribution is 5.01. The van der Waals surface area contributed by atoms with Crippen molar-refractivity contribution in [3.05, 3.63) is 0 Å². The monoisotopic (exact) mass is 293 g/mol. The summed E-state index contributed by atoms with van der Waals surface area (Å²) < 4.78 is 6.28. The molecule has 1 spiro atoms. The van der Waals surface area contributed by atoms with Gasteiger partial charge in [0.25, 0.3) is 0 Å². The minimum absolute atomic E-state index is 0.123. The van der Waals surface area contributed by atoms with Gasteiger partial charge in [-0.2, -0.15) is 0 Å². The van der Waals surface area contributed by atoms with Gasteiger partial charge < -0.3 is 10.5 Å². The fourth-order valence-electron chi connectivity index (χ4n) is 5.38. The topological polar surface area (TPSA) is 35.2 Å². The lowest BCUT2D eigenvalue weighted by Gasteiger charge is -2.51. The van der Waals surface area contributed by atoms with Crippen molar-refractivity contribution in [3.8, 4) is 0 Å². The van der Waals surface area contributed by atoms with Crippen LogP contribution in [0.15, 0.2) is 0 Å². The zero-order chi connectivity index (χ0) is 14.8. The summed E-state index contributed by atoms with van der Waals surface area (Å²) in [6.45, 7) is 3.28. The Labute approximate surface area is 131 Å². The third-order valence-corrected chi connectivity index (χ3v) is 6.80. The molecule has 2 aliphatic carbocycles. The molecule has 1 atom stereocenters. The largest absolute Gasteiger partial charge is 0.375 e. The highest BCUT2D eigenvalue weighted by atomic mass is 16.5. The third kappa shape index (κ3) is 3.47. The second-order valence-corrected chi connectivity index (χ2v) is 8.25. The molecular formula is C19H35NO. The van der Waals surface area contributed by atoms with E-state index in [1.807, 2.05) is 0 Å². The molecule has 21 heavy (non-hydrogen) atoms. The lowest BCUT2D eigenvalue weighted by molar-refractivity contribution is -0.130. The molecule has 3 fully saturated rings. The van der Waals surface area contributed by atoms with Crippen LogP contribution in [-0.2, 0) is 4.74 Å². The molecule has 0 aromatic carbocycles. The molecule has 3 aliphatic rings. The molecule has 0 aromatic rings. The summed E-state index contributed by atoms with van der Waals surface area (Å²) in [6, 6.07) is 0. The Kier molecular flexibility index (Phi) is 4.95. The Morgan fingerprint density at radius 3 is 2.38 bits per heavy atom. The van der Waals surface area contributed by atoms with Gasteiger partial charge in [-0.05, 0) is 63.2 Å². The van der Waals surface area contributed by atoms with E-state index in [1.165, 1.54) is 83.5 Å². The lowest BCUT2D eigenvalue weighted by atomic mass is 9.63. The molecule has 0 bridgehead atoms. The molecule has 122 valence electrons. The number of nitrogens with two attached hydrogens (primary N) is 1. The van der Waals surface area contributed by atoms with Crippen molar-refractivity contribution in [2.75, 3.05) is 6.61 Å². The van der Waals surface area contributed by atoms with Gasteiger partial charge in [-0.25, -0.2) is 0 Å². The Hall–Kier alpha value is -0.0800. The molecule has 1 aliphatic heterocycles. The van der Waals surface area contributed by atoms with Gasteiger partial charge in [0, 0.05) is 12.1 Å². The molecule has 3 rings (SSSR count). The first-order chi connectivity index (χ1) is 10.2. The minimum Gasteiger partial charge on any atom is -0.375 e. The molecule has 1 heterocycles. The second kappa shape index (κ2) is 6.58. The summed E-state index contributed by atoms with van der Waals surface area (Å²) in [4.78, 5) is 0. The van der Waals surface area contributed by atoms with Gasteiger partial charge in [0.2, 0.25) is 0 Å². The van der Waals surface area contributed by atoms with Gasteiger partial charge in [0.15, 0.2) is 0 Å². The van der Waals surface area contributed by atoms with E-state index in [-0.39, 0.29) is 11.1 Å². The van der Waals surface area contributed by atoms with Crippen molar-refractivity contribution >= 4 is 0 Å². The van der Waals surface area contributed by atoms with E-state index < -0.39 is 0 Å². The van der Waals surface area contributed by atoms with Gasteiger partial charge in [-0.15, -0.1) is 0 Å². The van der Waals surface area contributed by atoms with Crippen molar-refractivity contribution in [1.82, 2.24) is 0 Å². The molecule has 2 heteroatoms. The number of hydrogen-bond acceptors (Lipinski definition) is 2. The van der Waals surface area contributed by atoms with E-state index in [1.54, 1.807) is 0 Å². The highest BCUT2D eigenvalue weighted by Crippen LogP contribution is 2.47. The number of ether oxygens (including phenoxy) is 1. The SMILES string of the molecule is CCCC1CCC(N)(C2CCOC3(CCCCC3)C2)CC1. The van der Waals surface area contributed by atoms with E-state index in [4.69, 9.17) is 10.5 Å². The van der Waals surface area contributed by atoms with Crippen LogP contribution in [0.4, 0.5) is 0 Å². The Balaban J connectivity index is 1.60. The van der Waals surface area contributed by atoms with E-state index in [9.17, 15) is 0 Å². The van der Waals surface area contributed by atoms with Crippen molar-refractivity contribution in [3.63, 3.8) is 0 Å². The molecule has 0 aromatic heterocycles. The van der Waals surface area contributed by atoms with Crippen LogP contribution < -0.4 is 5.73 Å². The fourth-order valence-corrected chi connectivity index (χ4v) is 5.38. The number of rotatable bonds is 3. The van der Waals surface area contributed by atoms with Crippen LogP contribution in [0.5, 0.6) is 0 Å². The summed E-state index contributed by atoms with van der Waals surface area (Å²) in [5.74, 6) is 1.67. The van der Waals surface area contributed by atoms with Gasteiger partial charge in [0.1, 0.15) is 0 Å². The molecule has 2 nitrogen and oxygen atoms in total. The van der Waals surface area contributed by atoms with Gasteiger partial charge in [0.05, 0.1) is 5.60 Å². The number of hydrogen-bond donors (Lipinski definition) is 1. The molecule has 0 radical (unpaired) electrons. The Bertz CT molecular complexity index is 321. The summed E-state index contributed by atoms with van der Waals surface area (Å²) in [5.41, 5.74) is 7.27. The second-order valence-electron chi connectivity index (χ2n) is 8.25. The van der Waals surface area contributed by atoms with E-state index in [2.05, 4.69) is 6.92 Å². The van der Waals surface area contributed by atoms with Gasteiger partial charge in [-0.3, -0.25) is 0 Å². The Morgan fingerprint density at radius 2 is 1.71 bits per heavy atom. The van der Waals surface area contributed by atoms with Crippen LogP contribution >= 0.6 is 0 Å². The predicted molar refractivity (Wildman–Crippen MR) is 88.3 cm³/mol. The highest BCUT2D eigenvalue weighted by Gasteiger charge is 2.46. The fraction of sp³-hybridized carbons (Fsp3) is 1.00. The molecule has 2 N–H and O–H groups in total. The van der Waals surface area contributed by atoms with Crippen molar-refractivity contribution in [2.24, 2.45) is 17.6 Å². The molecule has 1 unspecified atom stereocenters. The van der Waals surface area contributed by atoms with E-state index in [0.29, 0.717) is 5.92 Å². The quantitative estimate of drug-likeness (QED) is 0.811. The normalized spacial score (nSPS) is 40.3. The van der Waals surface area contributed by atoms with Crippen molar-refractivity contribution < 1.29 is 4.74 Å². The predicted octanol–water partition coefficient (Wildman–Crippen LogP) is 4.80. The maximum Gasteiger partial charge on any atom is 0.0685 e. The first-order valence-electron chi connectivity index (χ1n) is 9.59. The molecule has 0 amide bonds. The molecule has 1 saturated heterocycles. The zero-order valence-corrected chi connectivity index (χ0v) is 14.0. The summed E-state index contributed by atoms with van der Waals surface area (Å²) in [7, 11) is 0. The van der Waals surface area contributed by atoms with Crippen LogP contribution in [-0.4, -0.2) is 17.7 Å². The van der Waals surface area contributed by atoms with Gasteiger partial charge in [-0.1, -0.05) is 39.0 Å². The third-order valence-electron chi connectivity index (χ3n) is 6.80. The average Bonchev–Trinajstić information content (AvgIpc) is 2.51. The van der Waals surface area contributed by atoms with E-state index >= 15 is 0 Å².